The number of pyridine rings is 1. The molecule has 52 heavy (non-hydrogen) atoms. The van der Waals surface area contributed by atoms with E-state index in [1.54, 1.807) is 0 Å². The van der Waals surface area contributed by atoms with Crippen LogP contribution in [0.15, 0.2) is 73.1 Å². The largest absolute Gasteiger partial charge is 0.347 e. The normalized spacial score (nSPS) is 18.1. The molecule has 1 fully saturated rings. The van der Waals surface area contributed by atoms with Crippen molar-refractivity contribution in [3.63, 3.8) is 0 Å². The zero-order chi connectivity index (χ0) is 37.1. The van der Waals surface area contributed by atoms with Crippen LogP contribution in [0.5, 0.6) is 0 Å². The summed E-state index contributed by atoms with van der Waals surface area (Å²) in [7, 11) is 2.21. The minimum atomic E-state index is -0.362. The number of rotatable bonds is 35. The standard InChI is InChI=1S/C48H82N2O2/c1-4-6-8-10-12-14-16-18-20-22-24-26-28-30-32-34-39-48(51-45-47(52-48)38-43-50(3)44-46-36-41-49-42-37-46)40-35-33-31-29-27-25-23-21-19-17-15-13-11-9-7-5-2/h12-15,18-21,36-37,41-42,47H,4-11,16-17,22-35,38-40,43-45H2,1-3H3. The third-order valence-corrected chi connectivity index (χ3v) is 10.5. The van der Waals surface area contributed by atoms with Crippen molar-refractivity contribution in [2.45, 2.75) is 206 Å². The van der Waals surface area contributed by atoms with E-state index in [9.17, 15) is 0 Å². The highest BCUT2D eigenvalue weighted by molar-refractivity contribution is 5.09. The third-order valence-electron chi connectivity index (χ3n) is 10.5. The molecule has 1 saturated heterocycles. The van der Waals surface area contributed by atoms with E-state index in [-0.39, 0.29) is 11.9 Å². The molecule has 296 valence electrons. The van der Waals surface area contributed by atoms with Gasteiger partial charge in [-0.25, -0.2) is 0 Å². The van der Waals surface area contributed by atoms with E-state index >= 15 is 0 Å². The highest BCUT2D eigenvalue weighted by Crippen LogP contribution is 2.35. The van der Waals surface area contributed by atoms with Crippen LogP contribution in [0.3, 0.4) is 0 Å². The molecule has 0 bridgehead atoms. The van der Waals surface area contributed by atoms with Gasteiger partial charge in [0.1, 0.15) is 0 Å². The van der Waals surface area contributed by atoms with Gasteiger partial charge < -0.3 is 14.4 Å². The highest BCUT2D eigenvalue weighted by atomic mass is 16.7. The summed E-state index contributed by atoms with van der Waals surface area (Å²) in [5.74, 6) is -0.362. The molecule has 2 heterocycles. The zero-order valence-electron chi connectivity index (χ0n) is 34.4. The molecule has 2 rings (SSSR count). The summed E-state index contributed by atoms with van der Waals surface area (Å²) < 4.78 is 13.4. The Morgan fingerprint density at radius 1 is 0.615 bits per heavy atom. The molecule has 0 amide bonds. The van der Waals surface area contributed by atoms with Crippen molar-refractivity contribution in [1.82, 2.24) is 9.88 Å². The summed E-state index contributed by atoms with van der Waals surface area (Å²) in [5.41, 5.74) is 1.31. The quantitative estimate of drug-likeness (QED) is 0.0517. The minimum Gasteiger partial charge on any atom is -0.347 e. The predicted molar refractivity (Wildman–Crippen MR) is 227 cm³/mol. The van der Waals surface area contributed by atoms with Crippen molar-refractivity contribution >= 4 is 0 Å². The van der Waals surface area contributed by atoms with Crippen LogP contribution in [0.1, 0.15) is 193 Å². The van der Waals surface area contributed by atoms with E-state index in [1.165, 1.54) is 147 Å². The van der Waals surface area contributed by atoms with Crippen molar-refractivity contribution in [2.24, 2.45) is 0 Å². The second-order valence-corrected chi connectivity index (χ2v) is 15.5. The van der Waals surface area contributed by atoms with Crippen LogP contribution < -0.4 is 0 Å². The molecule has 4 nitrogen and oxygen atoms in total. The molecule has 1 atom stereocenters. The van der Waals surface area contributed by atoms with Gasteiger partial charge in [-0.2, -0.15) is 0 Å². The molecule has 0 aromatic carbocycles. The molecule has 1 aromatic heterocycles. The monoisotopic (exact) mass is 719 g/mol. The number of hydrogen-bond donors (Lipinski definition) is 0. The zero-order valence-corrected chi connectivity index (χ0v) is 34.4. The Morgan fingerprint density at radius 2 is 1.06 bits per heavy atom. The SMILES string of the molecule is CCCCCC=CCC=CCCCCCCCCC1(CCCCCCCCC=CCC=CCCCCC)OCC(CCN(C)Cc2ccncc2)O1. The first-order valence-electron chi connectivity index (χ1n) is 22.2. The Bertz CT molecular complexity index is 984. The van der Waals surface area contributed by atoms with E-state index in [4.69, 9.17) is 9.47 Å². The summed E-state index contributed by atoms with van der Waals surface area (Å²) >= 11 is 0. The molecule has 0 aliphatic carbocycles. The van der Waals surface area contributed by atoms with Crippen molar-refractivity contribution in [1.29, 1.82) is 0 Å². The number of hydrogen-bond acceptors (Lipinski definition) is 4. The maximum Gasteiger partial charge on any atom is 0.168 e. The third kappa shape index (κ3) is 25.9. The molecule has 1 unspecified atom stereocenters. The topological polar surface area (TPSA) is 34.6 Å². The summed E-state index contributed by atoms with van der Waals surface area (Å²) in [6, 6.07) is 4.22. The number of aromatic nitrogens is 1. The van der Waals surface area contributed by atoms with Crippen LogP contribution in [0.25, 0.3) is 0 Å². The van der Waals surface area contributed by atoms with E-state index in [1.807, 2.05) is 12.4 Å². The van der Waals surface area contributed by atoms with Gasteiger partial charge in [-0.05, 0) is 108 Å². The van der Waals surface area contributed by atoms with Gasteiger partial charge in [-0.1, -0.05) is 140 Å². The van der Waals surface area contributed by atoms with E-state index < -0.39 is 0 Å². The Kier molecular flexibility index (Phi) is 29.8. The van der Waals surface area contributed by atoms with Gasteiger partial charge in [0.05, 0.1) is 12.7 Å². The van der Waals surface area contributed by atoms with Gasteiger partial charge in [0.2, 0.25) is 0 Å². The van der Waals surface area contributed by atoms with Crippen LogP contribution >= 0.6 is 0 Å². The molecule has 0 N–H and O–H groups in total. The van der Waals surface area contributed by atoms with Crippen LogP contribution in [0.2, 0.25) is 0 Å². The van der Waals surface area contributed by atoms with Crippen molar-refractivity contribution in [2.75, 3.05) is 20.2 Å². The average Bonchev–Trinajstić information content (AvgIpc) is 3.57. The molecule has 0 radical (unpaired) electrons. The van der Waals surface area contributed by atoms with Gasteiger partial charge in [0.15, 0.2) is 5.79 Å². The first-order chi connectivity index (χ1) is 25.7. The lowest BCUT2D eigenvalue weighted by atomic mass is 9.98. The van der Waals surface area contributed by atoms with Crippen molar-refractivity contribution in [3.05, 3.63) is 78.7 Å². The molecular weight excluding hydrogens is 637 g/mol. The Labute approximate surface area is 323 Å². The summed E-state index contributed by atoms with van der Waals surface area (Å²) in [6.45, 7) is 7.24. The average molecular weight is 719 g/mol. The lowest BCUT2D eigenvalue weighted by Crippen LogP contribution is -2.32. The number of unbranched alkanes of at least 4 members (excludes halogenated alkanes) is 18. The fourth-order valence-electron chi connectivity index (χ4n) is 7.15. The summed E-state index contributed by atoms with van der Waals surface area (Å²) in [5, 5.41) is 0. The minimum absolute atomic E-state index is 0.203. The van der Waals surface area contributed by atoms with Gasteiger partial charge >= 0.3 is 0 Å². The summed E-state index contributed by atoms with van der Waals surface area (Å²) in [6.07, 6.45) is 56.7. The number of ether oxygens (including phenoxy) is 2. The van der Waals surface area contributed by atoms with E-state index in [2.05, 4.69) is 91.5 Å². The van der Waals surface area contributed by atoms with Crippen LogP contribution in [-0.4, -0.2) is 42.0 Å². The van der Waals surface area contributed by atoms with Gasteiger partial charge in [-0.15, -0.1) is 0 Å². The second-order valence-electron chi connectivity index (χ2n) is 15.5. The van der Waals surface area contributed by atoms with E-state index in [0.29, 0.717) is 0 Å². The van der Waals surface area contributed by atoms with Crippen molar-refractivity contribution < 1.29 is 9.47 Å². The first-order valence-corrected chi connectivity index (χ1v) is 22.2. The number of nitrogens with zero attached hydrogens (tertiary/aromatic N) is 2. The van der Waals surface area contributed by atoms with Gasteiger partial charge in [0.25, 0.3) is 0 Å². The predicted octanol–water partition coefficient (Wildman–Crippen LogP) is 14.4. The first kappa shape index (κ1) is 46.1. The molecule has 1 aromatic rings. The maximum absolute atomic E-state index is 6.81. The lowest BCUT2D eigenvalue weighted by molar-refractivity contribution is -0.180. The Balaban J connectivity index is 1.62. The molecular formula is C48H82N2O2. The molecule has 1 aliphatic rings. The van der Waals surface area contributed by atoms with Crippen LogP contribution in [0.4, 0.5) is 0 Å². The Hall–Kier alpha value is -2.01. The van der Waals surface area contributed by atoms with E-state index in [0.717, 1.165) is 51.8 Å². The number of allylic oxidation sites excluding steroid dienone is 8. The summed E-state index contributed by atoms with van der Waals surface area (Å²) in [4.78, 5) is 6.55. The molecule has 4 heteroatoms. The van der Waals surface area contributed by atoms with Gasteiger partial charge in [-0.3, -0.25) is 4.98 Å². The van der Waals surface area contributed by atoms with Gasteiger partial charge in [0, 0.05) is 38.3 Å². The van der Waals surface area contributed by atoms with Crippen molar-refractivity contribution in [3.8, 4) is 0 Å². The maximum atomic E-state index is 6.81. The molecule has 0 spiro atoms. The highest BCUT2D eigenvalue weighted by Gasteiger charge is 2.40. The lowest BCUT2D eigenvalue weighted by Gasteiger charge is -2.29. The molecule has 0 saturated carbocycles. The fraction of sp³-hybridized carbons (Fsp3) is 0.729. The smallest absolute Gasteiger partial charge is 0.168 e. The van der Waals surface area contributed by atoms with Crippen LogP contribution in [-0.2, 0) is 16.0 Å². The van der Waals surface area contributed by atoms with Crippen LogP contribution in [0, 0.1) is 0 Å². The Morgan fingerprint density at radius 3 is 1.54 bits per heavy atom. The second kappa shape index (κ2) is 33.6. The molecule has 1 aliphatic heterocycles. The fourth-order valence-corrected chi connectivity index (χ4v) is 7.15.